The van der Waals surface area contributed by atoms with Gasteiger partial charge in [-0.1, -0.05) is 17.3 Å². The smallest absolute Gasteiger partial charge is 0.171 e. The third kappa shape index (κ3) is 2.36. The molecular formula is C13H13FN2O. The molecular weight excluding hydrogens is 219 g/mol. The Bertz CT molecular complexity index is 520. The van der Waals surface area contributed by atoms with Gasteiger partial charge in [0, 0.05) is 23.7 Å². The third-order valence-electron chi connectivity index (χ3n) is 2.89. The lowest BCUT2D eigenvalue weighted by Gasteiger charge is -2.02. The zero-order valence-corrected chi connectivity index (χ0v) is 9.32. The van der Waals surface area contributed by atoms with Crippen molar-refractivity contribution in [3.05, 3.63) is 41.8 Å². The summed E-state index contributed by atoms with van der Waals surface area (Å²) >= 11 is 0. The van der Waals surface area contributed by atoms with E-state index in [9.17, 15) is 4.39 Å². The number of nitrogens with zero attached hydrogens (tertiary/aromatic N) is 1. The molecule has 0 radical (unpaired) electrons. The first-order valence-corrected chi connectivity index (χ1v) is 5.76. The number of rotatable bonds is 4. The minimum absolute atomic E-state index is 0.264. The standard InChI is InChI=1S/C13H13FN2O/c14-11-3-1-2-9(6-11)13-10(8-16-17-13)7-15-12-4-5-12/h1-3,6,8,12,15H,4-5,7H2. The SMILES string of the molecule is Fc1cccc(-c2oncc2CNC2CC2)c1. The van der Waals surface area contributed by atoms with Crippen molar-refractivity contribution in [1.29, 1.82) is 0 Å². The first kappa shape index (κ1) is 10.5. The van der Waals surface area contributed by atoms with Crippen molar-refractivity contribution in [3.8, 4) is 11.3 Å². The molecule has 0 atom stereocenters. The molecule has 1 aromatic carbocycles. The van der Waals surface area contributed by atoms with Crippen molar-refractivity contribution in [2.45, 2.75) is 25.4 Å². The summed E-state index contributed by atoms with van der Waals surface area (Å²) in [7, 11) is 0. The largest absolute Gasteiger partial charge is 0.356 e. The molecule has 1 fully saturated rings. The van der Waals surface area contributed by atoms with Gasteiger partial charge in [0.1, 0.15) is 5.82 Å². The van der Waals surface area contributed by atoms with Crippen LogP contribution < -0.4 is 5.32 Å². The maximum absolute atomic E-state index is 13.1. The van der Waals surface area contributed by atoms with E-state index in [0.717, 1.165) is 17.7 Å². The van der Waals surface area contributed by atoms with Crippen LogP contribution in [0.5, 0.6) is 0 Å². The van der Waals surface area contributed by atoms with Gasteiger partial charge in [0.05, 0.1) is 6.20 Å². The minimum atomic E-state index is -0.264. The molecule has 0 unspecified atom stereocenters. The van der Waals surface area contributed by atoms with Gasteiger partial charge in [0.25, 0.3) is 0 Å². The topological polar surface area (TPSA) is 38.1 Å². The summed E-state index contributed by atoms with van der Waals surface area (Å²) in [5, 5.41) is 7.18. The fourth-order valence-electron chi connectivity index (χ4n) is 1.80. The molecule has 1 N–H and O–H groups in total. The summed E-state index contributed by atoms with van der Waals surface area (Å²) in [6.07, 6.45) is 4.16. The molecule has 0 aliphatic heterocycles. The van der Waals surface area contributed by atoms with Crippen molar-refractivity contribution in [3.63, 3.8) is 0 Å². The van der Waals surface area contributed by atoms with E-state index in [1.807, 2.05) is 6.07 Å². The Balaban J connectivity index is 1.83. The highest BCUT2D eigenvalue weighted by Crippen LogP contribution is 2.25. The number of aromatic nitrogens is 1. The van der Waals surface area contributed by atoms with Gasteiger partial charge >= 0.3 is 0 Å². The van der Waals surface area contributed by atoms with Gasteiger partial charge in [-0.25, -0.2) is 4.39 Å². The monoisotopic (exact) mass is 232 g/mol. The summed E-state index contributed by atoms with van der Waals surface area (Å²) < 4.78 is 18.3. The summed E-state index contributed by atoms with van der Waals surface area (Å²) in [5.74, 6) is 0.387. The molecule has 1 saturated carbocycles. The van der Waals surface area contributed by atoms with E-state index in [4.69, 9.17) is 4.52 Å². The highest BCUT2D eigenvalue weighted by Gasteiger charge is 2.21. The van der Waals surface area contributed by atoms with Crippen LogP contribution in [0.15, 0.2) is 35.0 Å². The molecule has 0 saturated heterocycles. The van der Waals surface area contributed by atoms with Crippen molar-refractivity contribution in [2.75, 3.05) is 0 Å². The third-order valence-corrected chi connectivity index (χ3v) is 2.89. The molecule has 88 valence electrons. The molecule has 1 aliphatic carbocycles. The maximum Gasteiger partial charge on any atom is 0.171 e. The molecule has 17 heavy (non-hydrogen) atoms. The molecule has 0 amide bonds. The van der Waals surface area contributed by atoms with Gasteiger partial charge < -0.3 is 9.84 Å². The predicted octanol–water partition coefficient (Wildman–Crippen LogP) is 2.73. The molecule has 4 heteroatoms. The van der Waals surface area contributed by atoms with Crippen LogP contribution in [0.2, 0.25) is 0 Å². The van der Waals surface area contributed by atoms with Crippen molar-refractivity contribution >= 4 is 0 Å². The fourth-order valence-corrected chi connectivity index (χ4v) is 1.80. The van der Waals surface area contributed by atoms with Gasteiger partial charge in [-0.3, -0.25) is 0 Å². The Labute approximate surface area is 98.6 Å². The van der Waals surface area contributed by atoms with Crippen molar-refractivity contribution in [1.82, 2.24) is 10.5 Å². The first-order chi connectivity index (χ1) is 8.33. The second-order valence-corrected chi connectivity index (χ2v) is 4.35. The second kappa shape index (κ2) is 4.30. The quantitative estimate of drug-likeness (QED) is 0.880. The van der Waals surface area contributed by atoms with E-state index < -0.39 is 0 Å². The molecule has 3 rings (SSSR count). The molecule has 3 nitrogen and oxygen atoms in total. The zero-order chi connectivity index (χ0) is 11.7. The van der Waals surface area contributed by atoms with E-state index in [0.29, 0.717) is 11.8 Å². The van der Waals surface area contributed by atoms with E-state index in [1.165, 1.54) is 25.0 Å². The number of hydrogen-bond donors (Lipinski definition) is 1. The Hall–Kier alpha value is -1.68. The number of benzene rings is 1. The molecule has 1 heterocycles. The molecule has 0 spiro atoms. The molecule has 1 aromatic heterocycles. The Morgan fingerprint density at radius 2 is 2.29 bits per heavy atom. The Kier molecular flexibility index (Phi) is 2.65. The number of halogens is 1. The van der Waals surface area contributed by atoms with E-state index >= 15 is 0 Å². The first-order valence-electron chi connectivity index (χ1n) is 5.76. The lowest BCUT2D eigenvalue weighted by molar-refractivity contribution is 0.431. The van der Waals surface area contributed by atoms with Crippen molar-refractivity contribution < 1.29 is 8.91 Å². The van der Waals surface area contributed by atoms with Crippen LogP contribution in [-0.2, 0) is 6.54 Å². The number of hydrogen-bond acceptors (Lipinski definition) is 3. The zero-order valence-electron chi connectivity index (χ0n) is 9.32. The Morgan fingerprint density at radius 1 is 1.41 bits per heavy atom. The van der Waals surface area contributed by atoms with Gasteiger partial charge in [0.15, 0.2) is 5.76 Å². The van der Waals surface area contributed by atoms with Gasteiger partial charge in [0.2, 0.25) is 0 Å². The van der Waals surface area contributed by atoms with Gasteiger partial charge in [-0.05, 0) is 25.0 Å². The fraction of sp³-hybridized carbons (Fsp3) is 0.308. The van der Waals surface area contributed by atoms with Crippen LogP contribution in [0.3, 0.4) is 0 Å². The van der Waals surface area contributed by atoms with Crippen LogP contribution in [-0.4, -0.2) is 11.2 Å². The van der Waals surface area contributed by atoms with E-state index in [2.05, 4.69) is 10.5 Å². The maximum atomic E-state index is 13.1. The van der Waals surface area contributed by atoms with Crippen LogP contribution in [0.25, 0.3) is 11.3 Å². The normalized spacial score (nSPS) is 15.1. The summed E-state index contributed by atoms with van der Waals surface area (Å²) in [6.45, 7) is 0.722. The summed E-state index contributed by atoms with van der Waals surface area (Å²) in [6, 6.07) is 7.00. The Morgan fingerprint density at radius 3 is 3.06 bits per heavy atom. The average Bonchev–Trinajstić information content (AvgIpc) is 3.04. The van der Waals surface area contributed by atoms with Crippen LogP contribution in [0.4, 0.5) is 4.39 Å². The van der Waals surface area contributed by atoms with Gasteiger partial charge in [-0.15, -0.1) is 0 Å². The average molecular weight is 232 g/mol. The van der Waals surface area contributed by atoms with E-state index in [-0.39, 0.29) is 5.82 Å². The van der Waals surface area contributed by atoms with Gasteiger partial charge in [-0.2, -0.15) is 0 Å². The highest BCUT2D eigenvalue weighted by molar-refractivity contribution is 5.60. The summed E-state index contributed by atoms with van der Waals surface area (Å²) in [4.78, 5) is 0. The van der Waals surface area contributed by atoms with Crippen LogP contribution >= 0.6 is 0 Å². The van der Waals surface area contributed by atoms with Crippen molar-refractivity contribution in [2.24, 2.45) is 0 Å². The lowest BCUT2D eigenvalue weighted by atomic mass is 10.1. The predicted molar refractivity (Wildman–Crippen MR) is 61.8 cm³/mol. The lowest BCUT2D eigenvalue weighted by Crippen LogP contribution is -2.15. The van der Waals surface area contributed by atoms with Crippen LogP contribution in [0, 0.1) is 5.82 Å². The number of nitrogens with one attached hydrogen (secondary N) is 1. The molecule has 1 aliphatic rings. The second-order valence-electron chi connectivity index (χ2n) is 4.35. The minimum Gasteiger partial charge on any atom is -0.356 e. The summed E-state index contributed by atoms with van der Waals surface area (Å²) in [5.41, 5.74) is 1.71. The molecule has 2 aromatic rings. The highest BCUT2D eigenvalue weighted by atomic mass is 19.1. The van der Waals surface area contributed by atoms with Crippen LogP contribution in [0.1, 0.15) is 18.4 Å². The molecule has 0 bridgehead atoms. The van der Waals surface area contributed by atoms with E-state index in [1.54, 1.807) is 12.3 Å².